The lowest BCUT2D eigenvalue weighted by atomic mass is 10.1. The molecule has 0 saturated carbocycles. The Morgan fingerprint density at radius 1 is 1.17 bits per heavy atom. The largest absolute Gasteiger partial charge is 0.411 e. The molecular weight excluding hydrogens is 319 g/mol. The predicted octanol–water partition coefficient (Wildman–Crippen LogP) is 3.62. The summed E-state index contributed by atoms with van der Waals surface area (Å²) in [6, 6.07) is 7.25. The summed E-state index contributed by atoms with van der Waals surface area (Å²) in [5, 5.41) is 6.41. The van der Waals surface area contributed by atoms with Gasteiger partial charge < -0.3 is 15.4 Å². The van der Waals surface area contributed by atoms with Gasteiger partial charge >= 0.3 is 6.18 Å². The third-order valence-corrected chi connectivity index (χ3v) is 3.11. The fraction of sp³-hybridized carbons (Fsp3) is 0.588. The molecule has 1 rings (SSSR count). The van der Waals surface area contributed by atoms with Gasteiger partial charge in [-0.25, -0.2) is 4.99 Å². The van der Waals surface area contributed by atoms with Crippen LogP contribution in [0, 0.1) is 0 Å². The van der Waals surface area contributed by atoms with Crippen molar-refractivity contribution in [3.63, 3.8) is 0 Å². The van der Waals surface area contributed by atoms with E-state index in [1.807, 2.05) is 19.1 Å². The molecule has 1 aromatic rings. The van der Waals surface area contributed by atoms with Gasteiger partial charge in [-0.05, 0) is 24.5 Å². The van der Waals surface area contributed by atoms with Crippen molar-refractivity contribution in [3.8, 4) is 0 Å². The van der Waals surface area contributed by atoms with Crippen LogP contribution in [0.3, 0.4) is 0 Å². The van der Waals surface area contributed by atoms with Crippen LogP contribution in [0.25, 0.3) is 0 Å². The van der Waals surface area contributed by atoms with Gasteiger partial charge in [-0.2, -0.15) is 13.2 Å². The van der Waals surface area contributed by atoms with Gasteiger partial charge in [-0.15, -0.1) is 0 Å². The van der Waals surface area contributed by atoms with Crippen molar-refractivity contribution in [2.45, 2.75) is 46.0 Å². The topological polar surface area (TPSA) is 45.7 Å². The number of unbranched alkanes of at least 4 members (excludes halogenated alkanes) is 1. The van der Waals surface area contributed by atoms with Crippen LogP contribution in [-0.2, 0) is 17.9 Å². The van der Waals surface area contributed by atoms with E-state index in [4.69, 9.17) is 0 Å². The zero-order chi connectivity index (χ0) is 17.8. The number of nitrogens with zero attached hydrogens (tertiary/aromatic N) is 1. The van der Waals surface area contributed by atoms with E-state index in [-0.39, 0.29) is 6.61 Å². The third-order valence-electron chi connectivity index (χ3n) is 3.11. The molecule has 24 heavy (non-hydrogen) atoms. The molecule has 0 radical (unpaired) electrons. The van der Waals surface area contributed by atoms with Crippen LogP contribution in [-0.4, -0.2) is 31.8 Å². The van der Waals surface area contributed by atoms with Crippen LogP contribution in [0.5, 0.6) is 0 Å². The third kappa shape index (κ3) is 9.39. The van der Waals surface area contributed by atoms with Gasteiger partial charge in [0.05, 0.1) is 13.2 Å². The summed E-state index contributed by atoms with van der Waals surface area (Å²) in [5.41, 5.74) is 1.63. The summed E-state index contributed by atoms with van der Waals surface area (Å²) in [6.45, 7) is 4.90. The summed E-state index contributed by atoms with van der Waals surface area (Å²) < 4.78 is 41.0. The first-order chi connectivity index (χ1) is 11.4. The highest BCUT2D eigenvalue weighted by atomic mass is 19.4. The first-order valence-corrected chi connectivity index (χ1v) is 8.19. The highest BCUT2D eigenvalue weighted by molar-refractivity contribution is 5.79. The smallest absolute Gasteiger partial charge is 0.367 e. The van der Waals surface area contributed by atoms with Gasteiger partial charge in [0.1, 0.15) is 6.61 Å². The van der Waals surface area contributed by atoms with Crippen molar-refractivity contribution >= 4 is 5.96 Å². The number of hydrogen-bond donors (Lipinski definition) is 2. The van der Waals surface area contributed by atoms with Crippen molar-refractivity contribution in [1.29, 1.82) is 0 Å². The Morgan fingerprint density at radius 2 is 1.92 bits per heavy atom. The van der Waals surface area contributed by atoms with Gasteiger partial charge in [0.2, 0.25) is 0 Å². The summed E-state index contributed by atoms with van der Waals surface area (Å²) in [7, 11) is 0. The van der Waals surface area contributed by atoms with E-state index in [9.17, 15) is 13.2 Å². The van der Waals surface area contributed by atoms with Crippen LogP contribution < -0.4 is 10.6 Å². The van der Waals surface area contributed by atoms with Gasteiger partial charge in [-0.3, -0.25) is 0 Å². The second-order valence-corrected chi connectivity index (χ2v) is 5.40. The van der Waals surface area contributed by atoms with Gasteiger partial charge in [-0.1, -0.05) is 37.6 Å². The summed E-state index contributed by atoms with van der Waals surface area (Å²) in [6.07, 6.45) is -2.13. The molecule has 0 amide bonds. The molecule has 0 aliphatic carbocycles. The average molecular weight is 345 g/mol. The molecule has 1 aromatic carbocycles. The molecule has 0 fully saturated rings. The van der Waals surface area contributed by atoms with Crippen molar-refractivity contribution < 1.29 is 17.9 Å². The van der Waals surface area contributed by atoms with Gasteiger partial charge in [0, 0.05) is 13.1 Å². The Morgan fingerprint density at radius 3 is 2.58 bits per heavy atom. The lowest BCUT2D eigenvalue weighted by molar-refractivity contribution is -0.176. The molecule has 0 atom stereocenters. The minimum atomic E-state index is -4.30. The summed E-state index contributed by atoms with van der Waals surface area (Å²) in [4.78, 5) is 4.49. The minimum absolute atomic E-state index is 0.0636. The van der Waals surface area contributed by atoms with E-state index in [1.54, 1.807) is 12.1 Å². The number of halogens is 3. The van der Waals surface area contributed by atoms with Crippen molar-refractivity contribution in [3.05, 3.63) is 35.4 Å². The molecule has 7 heteroatoms. The second kappa shape index (κ2) is 10.9. The standard InChI is InChI=1S/C17H26F3N3O/c1-3-5-9-22-16(21-4-2)23-11-14-7-6-8-15(10-14)12-24-13-17(18,19)20/h6-8,10H,3-5,9,11-13H2,1-2H3,(H2,21,22,23). The number of nitrogens with one attached hydrogen (secondary N) is 2. The molecule has 0 aromatic heterocycles. The van der Waals surface area contributed by atoms with E-state index >= 15 is 0 Å². The molecule has 136 valence electrons. The second-order valence-electron chi connectivity index (χ2n) is 5.40. The number of ether oxygens (including phenoxy) is 1. The lowest BCUT2D eigenvalue weighted by Gasteiger charge is -2.11. The fourth-order valence-electron chi connectivity index (χ4n) is 2.00. The predicted molar refractivity (Wildman–Crippen MR) is 89.9 cm³/mol. The Labute approximate surface area is 141 Å². The maximum Gasteiger partial charge on any atom is 0.411 e. The molecule has 0 saturated heterocycles. The number of hydrogen-bond acceptors (Lipinski definition) is 2. The van der Waals surface area contributed by atoms with Crippen molar-refractivity contribution in [1.82, 2.24) is 10.6 Å². The van der Waals surface area contributed by atoms with Gasteiger partial charge in [0.15, 0.2) is 5.96 Å². The van der Waals surface area contributed by atoms with Crippen LogP contribution in [0.15, 0.2) is 29.3 Å². The Hall–Kier alpha value is -1.76. The normalized spacial score (nSPS) is 12.3. The zero-order valence-electron chi connectivity index (χ0n) is 14.2. The molecule has 0 aliphatic heterocycles. The number of guanidine groups is 1. The van der Waals surface area contributed by atoms with Crippen LogP contribution in [0.1, 0.15) is 37.8 Å². The molecule has 0 heterocycles. The van der Waals surface area contributed by atoms with Crippen LogP contribution >= 0.6 is 0 Å². The van der Waals surface area contributed by atoms with Crippen LogP contribution in [0.4, 0.5) is 13.2 Å². The highest BCUT2D eigenvalue weighted by Gasteiger charge is 2.27. The fourth-order valence-corrected chi connectivity index (χ4v) is 2.00. The first kappa shape index (κ1) is 20.3. The maximum absolute atomic E-state index is 12.1. The average Bonchev–Trinajstić information content (AvgIpc) is 2.52. The van der Waals surface area contributed by atoms with Gasteiger partial charge in [0.25, 0.3) is 0 Å². The number of rotatable bonds is 9. The van der Waals surface area contributed by atoms with E-state index in [1.165, 1.54) is 0 Å². The Bertz CT molecular complexity index is 504. The SMILES string of the molecule is CCCCNC(=NCc1cccc(COCC(F)(F)F)c1)NCC. The van der Waals surface area contributed by atoms with E-state index in [2.05, 4.69) is 27.3 Å². The molecule has 0 bridgehead atoms. The Kier molecular flexibility index (Phi) is 9.22. The first-order valence-electron chi connectivity index (χ1n) is 8.19. The number of aliphatic imine (C=N–C) groups is 1. The molecule has 4 nitrogen and oxygen atoms in total. The maximum atomic E-state index is 12.1. The summed E-state index contributed by atoms with van der Waals surface area (Å²) >= 11 is 0. The molecule has 0 aliphatic rings. The van der Waals surface area contributed by atoms with Crippen molar-refractivity contribution in [2.75, 3.05) is 19.7 Å². The van der Waals surface area contributed by atoms with Crippen LogP contribution in [0.2, 0.25) is 0 Å². The molecule has 2 N–H and O–H groups in total. The molecule has 0 unspecified atom stereocenters. The minimum Gasteiger partial charge on any atom is -0.367 e. The number of benzene rings is 1. The lowest BCUT2D eigenvalue weighted by Crippen LogP contribution is -2.37. The van der Waals surface area contributed by atoms with E-state index < -0.39 is 12.8 Å². The van der Waals surface area contributed by atoms with E-state index in [0.717, 1.165) is 37.5 Å². The summed E-state index contributed by atoms with van der Waals surface area (Å²) in [5.74, 6) is 0.740. The Balaban J connectivity index is 2.56. The zero-order valence-corrected chi connectivity index (χ0v) is 14.2. The van der Waals surface area contributed by atoms with E-state index in [0.29, 0.717) is 12.1 Å². The molecule has 0 spiro atoms. The quantitative estimate of drug-likeness (QED) is 0.408. The molecular formula is C17H26F3N3O. The van der Waals surface area contributed by atoms with Crippen molar-refractivity contribution in [2.24, 2.45) is 4.99 Å². The highest BCUT2D eigenvalue weighted by Crippen LogP contribution is 2.16. The number of alkyl halides is 3. The monoisotopic (exact) mass is 345 g/mol.